The third-order valence-electron chi connectivity index (χ3n) is 1.88. The lowest BCUT2D eigenvalue weighted by molar-refractivity contribution is -0.136. The molecule has 0 aromatic rings. The predicted octanol–water partition coefficient (Wildman–Crippen LogP) is -2.93. The molecule has 0 amide bonds. The Hall–Kier alpha value is -1.51. The molecule has 0 saturated heterocycles. The molecule has 106 valence electrons. The second-order valence-electron chi connectivity index (χ2n) is 3.19. The van der Waals surface area contributed by atoms with Gasteiger partial charge in [0.1, 0.15) is 5.82 Å². The van der Waals surface area contributed by atoms with Crippen molar-refractivity contribution in [3.63, 3.8) is 0 Å². The number of ether oxygens (including phenoxy) is 1. The molecule has 6 N–H and O–H groups in total. The molecule has 8 nitrogen and oxygen atoms in total. The van der Waals surface area contributed by atoms with E-state index in [0.29, 0.717) is 5.82 Å². The van der Waals surface area contributed by atoms with Crippen LogP contribution in [-0.4, -0.2) is 67.9 Å². The number of methoxy groups -OCH3 is 1. The number of hydrogen-bond acceptors (Lipinski definition) is 8. The fourth-order valence-corrected chi connectivity index (χ4v) is 1.15. The predicted molar refractivity (Wildman–Crippen MR) is 64.3 cm³/mol. The smallest absolute Gasteiger partial charge is 0.357 e. The second-order valence-corrected chi connectivity index (χ2v) is 3.19. The molecule has 0 aliphatic heterocycles. The maximum absolute atomic E-state index is 11.6. The summed E-state index contributed by atoms with van der Waals surface area (Å²) in [4.78, 5) is 11.6. The average molecular weight is 263 g/mol. The standard InChI is InChI=1S/C10H21N3O5/c1-18-10(17)8(11-2-5-14)9(12-3-6-15)13-4-7-16/h11-16H,2-7H2,1H3. The lowest BCUT2D eigenvalue weighted by Crippen LogP contribution is -2.38. The van der Waals surface area contributed by atoms with E-state index >= 15 is 0 Å². The number of rotatable bonds is 10. The summed E-state index contributed by atoms with van der Waals surface area (Å²) in [6.07, 6.45) is 0. The third-order valence-corrected chi connectivity index (χ3v) is 1.88. The van der Waals surface area contributed by atoms with Gasteiger partial charge in [-0.05, 0) is 0 Å². The highest BCUT2D eigenvalue weighted by molar-refractivity contribution is 5.88. The number of nitrogens with one attached hydrogen (secondary N) is 3. The average Bonchev–Trinajstić information content (AvgIpc) is 2.40. The van der Waals surface area contributed by atoms with Crippen molar-refractivity contribution in [2.45, 2.75) is 0 Å². The van der Waals surface area contributed by atoms with Crippen molar-refractivity contribution in [3.05, 3.63) is 11.5 Å². The minimum atomic E-state index is -0.616. The van der Waals surface area contributed by atoms with Crippen molar-refractivity contribution in [2.75, 3.05) is 46.6 Å². The topological polar surface area (TPSA) is 123 Å². The Kier molecular flexibility index (Phi) is 9.74. The molecule has 0 unspecified atom stereocenters. The fraction of sp³-hybridized carbons (Fsp3) is 0.700. The highest BCUT2D eigenvalue weighted by atomic mass is 16.5. The van der Waals surface area contributed by atoms with Crippen LogP contribution < -0.4 is 16.0 Å². The Balaban J connectivity index is 4.89. The first kappa shape index (κ1) is 16.5. The molecule has 0 rings (SSSR count). The zero-order valence-electron chi connectivity index (χ0n) is 10.4. The van der Waals surface area contributed by atoms with E-state index in [1.165, 1.54) is 7.11 Å². The van der Waals surface area contributed by atoms with Gasteiger partial charge in [-0.3, -0.25) is 0 Å². The number of carbonyl (C=O) groups excluding carboxylic acids is 1. The molecular formula is C10H21N3O5. The SMILES string of the molecule is COC(=O)C(NCCO)=C(NCCO)NCCO. The van der Waals surface area contributed by atoms with Crippen molar-refractivity contribution in [2.24, 2.45) is 0 Å². The first-order valence-corrected chi connectivity index (χ1v) is 5.58. The van der Waals surface area contributed by atoms with Gasteiger partial charge in [-0.15, -0.1) is 0 Å². The molecule has 0 aliphatic rings. The fourth-order valence-electron chi connectivity index (χ4n) is 1.15. The van der Waals surface area contributed by atoms with E-state index < -0.39 is 5.97 Å². The molecule has 0 aromatic heterocycles. The third kappa shape index (κ3) is 6.28. The van der Waals surface area contributed by atoms with Gasteiger partial charge >= 0.3 is 5.97 Å². The molecule has 0 spiro atoms. The van der Waals surface area contributed by atoms with E-state index in [-0.39, 0.29) is 45.2 Å². The molecule has 0 fully saturated rings. The summed E-state index contributed by atoms with van der Waals surface area (Å²) in [6, 6.07) is 0. The second kappa shape index (κ2) is 10.6. The molecule has 0 bridgehead atoms. The number of aliphatic hydroxyl groups excluding tert-OH is 3. The minimum Gasteiger partial charge on any atom is -0.464 e. The van der Waals surface area contributed by atoms with Crippen LogP contribution in [0.1, 0.15) is 0 Å². The summed E-state index contributed by atoms with van der Waals surface area (Å²) < 4.78 is 4.60. The van der Waals surface area contributed by atoms with Crippen LogP contribution in [0.25, 0.3) is 0 Å². The molecule has 8 heteroatoms. The molecule has 0 heterocycles. The van der Waals surface area contributed by atoms with Gasteiger partial charge in [0, 0.05) is 19.6 Å². The maximum Gasteiger partial charge on any atom is 0.357 e. The largest absolute Gasteiger partial charge is 0.464 e. The monoisotopic (exact) mass is 263 g/mol. The maximum atomic E-state index is 11.6. The minimum absolute atomic E-state index is 0.105. The lowest BCUT2D eigenvalue weighted by Gasteiger charge is -2.17. The van der Waals surface area contributed by atoms with E-state index in [1.54, 1.807) is 0 Å². The van der Waals surface area contributed by atoms with Crippen molar-refractivity contribution < 1.29 is 24.9 Å². The van der Waals surface area contributed by atoms with Gasteiger partial charge in [0.25, 0.3) is 0 Å². The van der Waals surface area contributed by atoms with Gasteiger partial charge < -0.3 is 36.0 Å². The molecule has 0 radical (unpaired) electrons. The van der Waals surface area contributed by atoms with Crippen LogP contribution in [0, 0.1) is 0 Å². The summed E-state index contributed by atoms with van der Waals surface area (Å²) in [7, 11) is 1.23. The van der Waals surface area contributed by atoms with Crippen molar-refractivity contribution >= 4 is 5.97 Å². The van der Waals surface area contributed by atoms with Crippen molar-refractivity contribution in [1.29, 1.82) is 0 Å². The van der Waals surface area contributed by atoms with E-state index in [0.717, 1.165) is 0 Å². The van der Waals surface area contributed by atoms with Crippen LogP contribution in [0.3, 0.4) is 0 Å². The van der Waals surface area contributed by atoms with Gasteiger partial charge in [-0.2, -0.15) is 0 Å². The van der Waals surface area contributed by atoms with E-state index in [2.05, 4.69) is 20.7 Å². The Morgan fingerprint density at radius 3 is 1.78 bits per heavy atom. The zero-order valence-corrected chi connectivity index (χ0v) is 10.4. The van der Waals surface area contributed by atoms with Gasteiger partial charge in [0.15, 0.2) is 5.70 Å². The molecular weight excluding hydrogens is 242 g/mol. The highest BCUT2D eigenvalue weighted by Gasteiger charge is 2.15. The number of aliphatic hydroxyl groups is 3. The van der Waals surface area contributed by atoms with Crippen LogP contribution >= 0.6 is 0 Å². The first-order chi connectivity index (χ1) is 8.71. The molecule has 0 aliphatic carbocycles. The molecule has 0 aromatic carbocycles. The van der Waals surface area contributed by atoms with Gasteiger partial charge in [-0.1, -0.05) is 0 Å². The molecule has 18 heavy (non-hydrogen) atoms. The Morgan fingerprint density at radius 1 is 0.944 bits per heavy atom. The van der Waals surface area contributed by atoms with Crippen LogP contribution in [0.15, 0.2) is 11.5 Å². The first-order valence-electron chi connectivity index (χ1n) is 5.58. The normalized spacial score (nSPS) is 9.56. The van der Waals surface area contributed by atoms with Gasteiger partial charge in [-0.25, -0.2) is 4.79 Å². The number of carbonyl (C=O) groups is 1. The van der Waals surface area contributed by atoms with Crippen LogP contribution in [0.4, 0.5) is 0 Å². The summed E-state index contributed by atoms with van der Waals surface area (Å²) >= 11 is 0. The van der Waals surface area contributed by atoms with E-state index in [4.69, 9.17) is 15.3 Å². The summed E-state index contributed by atoms with van der Waals surface area (Å²) in [5, 5.41) is 34.5. The van der Waals surface area contributed by atoms with Gasteiger partial charge in [0.05, 0.1) is 26.9 Å². The van der Waals surface area contributed by atoms with Crippen molar-refractivity contribution in [3.8, 4) is 0 Å². The van der Waals surface area contributed by atoms with E-state index in [1.807, 2.05) is 0 Å². The van der Waals surface area contributed by atoms with Crippen LogP contribution in [0.2, 0.25) is 0 Å². The number of hydrogen-bond donors (Lipinski definition) is 6. The lowest BCUT2D eigenvalue weighted by atomic mass is 10.4. The Labute approximate surface area is 106 Å². The van der Waals surface area contributed by atoms with E-state index in [9.17, 15) is 4.79 Å². The summed E-state index contributed by atoms with van der Waals surface area (Å²) in [6.45, 7) is 0.269. The Morgan fingerprint density at radius 2 is 1.39 bits per heavy atom. The molecule has 0 atom stereocenters. The van der Waals surface area contributed by atoms with Crippen molar-refractivity contribution in [1.82, 2.24) is 16.0 Å². The Bertz CT molecular complexity index is 260. The quantitative estimate of drug-likeness (QED) is 0.183. The number of esters is 1. The van der Waals surface area contributed by atoms with Crippen LogP contribution in [-0.2, 0) is 9.53 Å². The van der Waals surface area contributed by atoms with Gasteiger partial charge in [0.2, 0.25) is 0 Å². The summed E-state index contributed by atoms with van der Waals surface area (Å²) in [5.74, 6) is -0.312. The summed E-state index contributed by atoms with van der Waals surface area (Å²) in [5.41, 5.74) is 0.105. The zero-order chi connectivity index (χ0) is 13.8. The van der Waals surface area contributed by atoms with Crippen LogP contribution in [0.5, 0.6) is 0 Å². The highest BCUT2D eigenvalue weighted by Crippen LogP contribution is 1.98. The molecule has 0 saturated carbocycles.